The molecular weight excluding hydrogens is 182 g/mol. The summed E-state index contributed by atoms with van der Waals surface area (Å²) in [6, 6.07) is 0. The molecule has 1 atom stereocenters. The van der Waals surface area contributed by atoms with Crippen LogP contribution in [0.3, 0.4) is 0 Å². The standard InChI is InChI=1S/C6H13NO4S/c1-5(4-10-3-2-8)6(9)7-11-12/h5,8,12H,2-4H2,1H3,(H,7,9)/i/hT. The lowest BCUT2D eigenvalue weighted by Gasteiger charge is -2.09. The number of hydrogen-bond acceptors (Lipinski definition) is 5. The number of hydroxylamine groups is 1. The van der Waals surface area contributed by atoms with Crippen molar-refractivity contribution in [2.24, 2.45) is 5.92 Å². The lowest BCUT2D eigenvalue weighted by atomic mass is 10.2. The van der Waals surface area contributed by atoms with Crippen molar-refractivity contribution >= 4 is 18.7 Å². The molecule has 1 unspecified atom stereocenters. The molecule has 1 amide bonds. The van der Waals surface area contributed by atoms with E-state index in [1.807, 2.05) is 0 Å². The Morgan fingerprint density at radius 3 is 3.25 bits per heavy atom. The third kappa shape index (κ3) is 5.36. The number of rotatable bonds is 7. The van der Waals surface area contributed by atoms with Gasteiger partial charge in [0, 0.05) is 12.8 Å². The maximum Gasteiger partial charge on any atom is 0.249 e. The number of amides is 1. The van der Waals surface area contributed by atoms with Crippen LogP contribution in [0.5, 0.6) is 0 Å². The average Bonchev–Trinajstić information content (AvgIpc) is 2.14. The Kier molecular flexibility index (Phi) is 6.00. The van der Waals surface area contributed by atoms with Crippen LogP contribution in [0.4, 0.5) is 0 Å². The van der Waals surface area contributed by atoms with Crippen LogP contribution < -0.4 is 5.48 Å². The van der Waals surface area contributed by atoms with Crippen LogP contribution in [-0.2, 0) is 13.8 Å². The summed E-state index contributed by atoms with van der Waals surface area (Å²) in [6.07, 6.45) is 0. The molecule has 2 N–H and O–H groups in total. The van der Waals surface area contributed by atoms with Crippen molar-refractivity contribution in [1.29, 1.82) is 1.12 Å². The fourth-order valence-corrected chi connectivity index (χ4v) is 0.624. The predicted molar refractivity (Wildman–Crippen MR) is 45.3 cm³/mol. The summed E-state index contributed by atoms with van der Waals surface area (Å²) in [5.41, 5.74) is 2.05. The summed E-state index contributed by atoms with van der Waals surface area (Å²) < 4.78 is 15.7. The summed E-state index contributed by atoms with van der Waals surface area (Å²) in [7, 11) is 0. The second-order valence-corrected chi connectivity index (χ2v) is 2.42. The van der Waals surface area contributed by atoms with Crippen LogP contribution >= 0.6 is 12.8 Å². The van der Waals surface area contributed by atoms with Crippen molar-refractivity contribution in [3.63, 3.8) is 0 Å². The number of carbonyl (C=O) groups excluding carboxylic acids is 1. The minimum absolute atomic E-state index is 0.0621. The van der Waals surface area contributed by atoms with E-state index in [0.29, 0.717) is 12.8 Å². The van der Waals surface area contributed by atoms with E-state index in [9.17, 15) is 4.79 Å². The van der Waals surface area contributed by atoms with Gasteiger partial charge in [0.1, 0.15) is 1.12 Å². The van der Waals surface area contributed by atoms with Gasteiger partial charge in [-0.05, 0) is 0 Å². The van der Waals surface area contributed by atoms with Gasteiger partial charge in [0.15, 0.2) is 0 Å². The van der Waals surface area contributed by atoms with Gasteiger partial charge in [-0.3, -0.25) is 4.79 Å². The summed E-state index contributed by atoms with van der Waals surface area (Å²) >= 11 is 0.313. The molecule has 0 aliphatic heterocycles. The fourth-order valence-electron chi connectivity index (χ4n) is 0.542. The van der Waals surface area contributed by atoms with Gasteiger partial charge in [0.2, 0.25) is 5.91 Å². The van der Waals surface area contributed by atoms with Crippen LogP contribution in [0.15, 0.2) is 0 Å². The smallest absolute Gasteiger partial charge is 0.249 e. The maximum atomic E-state index is 11.0. The molecule has 0 aromatic carbocycles. The number of carbonyl (C=O) groups is 1. The van der Waals surface area contributed by atoms with Crippen molar-refractivity contribution in [2.75, 3.05) is 19.8 Å². The number of ether oxygens (including phenoxy) is 1. The molecule has 0 aliphatic rings. The van der Waals surface area contributed by atoms with Crippen LogP contribution in [0.25, 0.3) is 0 Å². The lowest BCUT2D eigenvalue weighted by molar-refractivity contribution is -0.132. The van der Waals surface area contributed by atoms with Crippen LogP contribution in [0.1, 0.15) is 6.92 Å². The van der Waals surface area contributed by atoms with E-state index in [2.05, 4.69) is 9.76 Å². The van der Waals surface area contributed by atoms with Crippen LogP contribution in [-0.4, -0.2) is 32.0 Å². The molecule has 72 valence electrons. The third-order valence-electron chi connectivity index (χ3n) is 1.19. The first-order valence-corrected chi connectivity index (χ1v) is 3.83. The van der Waals surface area contributed by atoms with Crippen LogP contribution in [0, 0.1) is 5.92 Å². The second-order valence-electron chi connectivity index (χ2n) is 2.25. The minimum Gasteiger partial charge on any atom is -0.394 e. The molecule has 6 heteroatoms. The summed E-state index contributed by atoms with van der Waals surface area (Å²) in [5, 5.41) is 8.38. The Morgan fingerprint density at radius 2 is 2.67 bits per heavy atom. The fraction of sp³-hybridized carbons (Fsp3) is 0.833. The van der Waals surface area contributed by atoms with E-state index in [-0.39, 0.29) is 31.6 Å². The van der Waals surface area contributed by atoms with Crippen LogP contribution in [0.2, 0.25) is 0 Å². The molecule has 0 spiro atoms. The molecule has 0 saturated carbocycles. The number of hydrogen-bond donors (Lipinski definition) is 3. The van der Waals surface area contributed by atoms with Crippen molar-refractivity contribution in [3.05, 3.63) is 0 Å². The molecule has 0 bridgehead atoms. The largest absolute Gasteiger partial charge is 0.394 e. The Hall–Kier alpha value is -0.300. The van der Waals surface area contributed by atoms with E-state index >= 15 is 0 Å². The van der Waals surface area contributed by atoms with Gasteiger partial charge in [0.25, 0.3) is 0 Å². The van der Waals surface area contributed by atoms with Gasteiger partial charge in [-0.15, -0.1) is 0 Å². The molecule has 0 radical (unpaired) electrons. The van der Waals surface area contributed by atoms with Crippen molar-refractivity contribution in [1.82, 2.24) is 5.48 Å². The minimum atomic E-state index is -0.362. The van der Waals surface area contributed by atoms with E-state index in [0.717, 1.165) is 0 Å². The molecule has 0 fully saturated rings. The van der Waals surface area contributed by atoms with Crippen molar-refractivity contribution in [2.45, 2.75) is 6.92 Å². The molecule has 0 rings (SSSR count). The molecule has 5 nitrogen and oxygen atoms in total. The molecule has 0 aromatic rings. The van der Waals surface area contributed by atoms with E-state index < -0.39 is 0 Å². The second kappa shape index (κ2) is 7.35. The van der Waals surface area contributed by atoms with Gasteiger partial charge >= 0.3 is 0 Å². The monoisotopic (exact) mass is 197 g/mol. The zero-order chi connectivity index (χ0) is 10.1. The van der Waals surface area contributed by atoms with Crippen molar-refractivity contribution in [3.8, 4) is 0 Å². The first-order chi connectivity index (χ1) is 6.22. The maximum absolute atomic E-state index is 11.0. The summed E-state index contributed by atoms with van der Waals surface area (Å²) in [5.74, 6) is -0.712. The van der Waals surface area contributed by atoms with E-state index in [4.69, 9.17) is 11.0 Å². The zero-order valence-electron chi connectivity index (χ0n) is 7.78. The topological polar surface area (TPSA) is 67.8 Å². The Balaban J connectivity index is 3.45. The highest BCUT2D eigenvalue weighted by Gasteiger charge is 2.11. The highest BCUT2D eigenvalue weighted by atomic mass is 32.1. The molecule has 12 heavy (non-hydrogen) atoms. The van der Waals surface area contributed by atoms with Gasteiger partial charge in [-0.1, -0.05) is 6.92 Å². The molecule has 0 heterocycles. The number of aliphatic hydroxyl groups is 1. The number of nitrogens with one attached hydrogen (secondary N) is 1. The molecule has 0 aliphatic carbocycles. The Labute approximate surface area is 77.7 Å². The van der Waals surface area contributed by atoms with E-state index in [1.54, 1.807) is 6.92 Å². The summed E-state index contributed by atoms with van der Waals surface area (Å²) in [6.45, 7) is 2.03. The van der Waals surface area contributed by atoms with E-state index in [1.165, 1.54) is 0 Å². The highest BCUT2D eigenvalue weighted by molar-refractivity contribution is 7.75. The summed E-state index contributed by atoms with van der Waals surface area (Å²) in [4.78, 5) is 11.0. The quantitative estimate of drug-likeness (QED) is 0.223. The molecule has 0 aromatic heterocycles. The zero-order valence-corrected chi connectivity index (χ0v) is 7.60. The number of aliphatic hydroxyl groups excluding tert-OH is 1. The predicted octanol–water partition coefficient (Wildman–Crippen LogP) is -0.476. The number of thiol groups is 1. The molecule has 0 saturated heterocycles. The Morgan fingerprint density at radius 1 is 1.92 bits per heavy atom. The van der Waals surface area contributed by atoms with Crippen molar-refractivity contribution < 1.29 is 18.9 Å². The highest BCUT2D eigenvalue weighted by Crippen LogP contribution is 1.95. The van der Waals surface area contributed by atoms with Gasteiger partial charge in [-0.25, -0.2) is 9.76 Å². The van der Waals surface area contributed by atoms with Gasteiger partial charge in [0.05, 0.1) is 25.7 Å². The Bertz CT molecular complexity index is 149. The first kappa shape index (κ1) is 9.79. The molecular formula is C6H13NO4S. The first-order valence-electron chi connectivity index (χ1n) is 3.90. The average molecular weight is 197 g/mol. The SMILES string of the molecule is [3H]SONC(=O)C(C)COCCO. The van der Waals surface area contributed by atoms with Gasteiger partial charge < -0.3 is 9.84 Å². The lowest BCUT2D eigenvalue weighted by Crippen LogP contribution is -2.29. The third-order valence-corrected chi connectivity index (χ3v) is 1.28. The van der Waals surface area contributed by atoms with Gasteiger partial charge in [-0.2, -0.15) is 0 Å². The normalized spacial score (nSPS) is 13.7.